The number of Topliss-reactive ketones (excluding diaryl/α,β-unsaturated/α-hetero) is 1. The second-order valence-corrected chi connectivity index (χ2v) is 8.74. The van der Waals surface area contributed by atoms with Crippen LogP contribution in [0.3, 0.4) is 0 Å². The minimum Gasteiger partial charge on any atom is -0.346 e. The van der Waals surface area contributed by atoms with E-state index >= 15 is 0 Å². The molecular weight excluding hydrogens is 372 g/mol. The number of thiazole rings is 1. The first-order valence-electron chi connectivity index (χ1n) is 9.94. The molecule has 0 bridgehead atoms. The van der Waals surface area contributed by atoms with Gasteiger partial charge in [0.1, 0.15) is 0 Å². The third-order valence-corrected chi connectivity index (χ3v) is 6.33. The Bertz CT molecular complexity index is 830. The number of ketones is 1. The first kappa shape index (κ1) is 20.6. The highest BCUT2D eigenvalue weighted by Crippen LogP contribution is 2.26. The highest BCUT2D eigenvalue weighted by molar-refractivity contribution is 7.20. The van der Waals surface area contributed by atoms with Gasteiger partial charge in [-0.3, -0.25) is 9.59 Å². The number of hydrogen-bond donors (Lipinski definition) is 3. The van der Waals surface area contributed by atoms with Gasteiger partial charge < -0.3 is 16.5 Å². The zero-order chi connectivity index (χ0) is 20.1. The molecule has 1 aliphatic rings. The number of carbonyl (C=O) groups is 2. The number of fused-ring (bicyclic) bond motifs is 1. The molecule has 0 radical (unpaired) electrons. The fraction of sp³-hybridized carbons (Fsp3) is 0.524. The summed E-state index contributed by atoms with van der Waals surface area (Å²) < 4.78 is 0.970. The molecule has 28 heavy (non-hydrogen) atoms. The zero-order valence-corrected chi connectivity index (χ0v) is 17.1. The van der Waals surface area contributed by atoms with Crippen molar-refractivity contribution in [3.63, 3.8) is 0 Å². The second-order valence-electron chi connectivity index (χ2n) is 7.71. The molecule has 0 saturated heterocycles. The molecule has 1 saturated carbocycles. The number of nitrogens with two attached hydrogens (primary N) is 1. The molecule has 1 aromatic carbocycles. The van der Waals surface area contributed by atoms with Crippen LogP contribution in [-0.2, 0) is 4.79 Å². The van der Waals surface area contributed by atoms with Crippen molar-refractivity contribution in [3.8, 4) is 0 Å². The number of unbranched alkanes of at least 4 members (excludes halogenated alkanes) is 1. The molecule has 150 valence electrons. The van der Waals surface area contributed by atoms with Crippen LogP contribution in [0.5, 0.6) is 0 Å². The molecule has 1 heterocycles. The van der Waals surface area contributed by atoms with Gasteiger partial charge in [-0.05, 0) is 57.6 Å². The Labute approximate surface area is 169 Å². The molecule has 7 heteroatoms. The van der Waals surface area contributed by atoms with Crippen molar-refractivity contribution in [1.29, 1.82) is 5.41 Å². The van der Waals surface area contributed by atoms with Crippen molar-refractivity contribution in [2.24, 2.45) is 11.7 Å². The van der Waals surface area contributed by atoms with E-state index in [1.54, 1.807) is 6.92 Å². The number of amides is 1. The Morgan fingerprint density at radius 3 is 2.79 bits per heavy atom. The fourth-order valence-electron chi connectivity index (χ4n) is 3.68. The number of benzene rings is 1. The molecule has 0 unspecified atom stereocenters. The normalized spacial score (nSPS) is 20.2. The van der Waals surface area contributed by atoms with E-state index in [4.69, 9.17) is 11.1 Å². The number of rotatable bonds is 9. The third kappa shape index (κ3) is 5.23. The Morgan fingerprint density at radius 1 is 1.32 bits per heavy atom. The molecule has 0 spiro atoms. The van der Waals surface area contributed by atoms with Crippen molar-refractivity contribution in [2.75, 3.05) is 0 Å². The predicted octanol–water partition coefficient (Wildman–Crippen LogP) is 3.69. The van der Waals surface area contributed by atoms with E-state index in [1.807, 2.05) is 24.3 Å². The number of hydrogen-bond acceptors (Lipinski definition) is 6. The number of nitrogens with one attached hydrogen (secondary N) is 2. The fourth-order valence-corrected chi connectivity index (χ4v) is 4.64. The average Bonchev–Trinajstić information content (AvgIpc) is 3.29. The third-order valence-electron chi connectivity index (χ3n) is 5.28. The van der Waals surface area contributed by atoms with Crippen LogP contribution in [0.4, 0.5) is 0 Å². The summed E-state index contributed by atoms with van der Waals surface area (Å²) in [6, 6.07) is 7.17. The molecule has 1 fully saturated rings. The smallest absolute Gasteiger partial charge is 0.223 e. The molecule has 3 rings (SSSR count). The van der Waals surface area contributed by atoms with Crippen LogP contribution in [-0.4, -0.2) is 34.5 Å². The molecule has 1 aromatic heterocycles. The van der Waals surface area contributed by atoms with Gasteiger partial charge >= 0.3 is 0 Å². The molecule has 1 aliphatic carbocycles. The number of aromatic nitrogens is 1. The lowest BCUT2D eigenvalue weighted by molar-refractivity contribution is -0.125. The van der Waals surface area contributed by atoms with E-state index in [9.17, 15) is 9.59 Å². The van der Waals surface area contributed by atoms with Crippen LogP contribution in [0.15, 0.2) is 24.3 Å². The predicted molar refractivity (Wildman–Crippen MR) is 113 cm³/mol. The van der Waals surface area contributed by atoms with E-state index in [0.717, 1.165) is 35.9 Å². The van der Waals surface area contributed by atoms with E-state index < -0.39 is 6.04 Å². The van der Waals surface area contributed by atoms with E-state index in [2.05, 4.69) is 10.3 Å². The summed E-state index contributed by atoms with van der Waals surface area (Å²) in [5.74, 6) is -0.302. The van der Waals surface area contributed by atoms with Gasteiger partial charge in [0.05, 0.1) is 16.3 Å². The molecule has 4 N–H and O–H groups in total. The zero-order valence-electron chi connectivity index (χ0n) is 16.2. The SMILES string of the molecule is CC(=N)CCCC[C@H](NC(=O)[C@H]1CC[C@@H](N)C1)C(=O)c1nc2ccccc2s1. The van der Waals surface area contributed by atoms with Gasteiger partial charge in [-0.1, -0.05) is 18.6 Å². The largest absolute Gasteiger partial charge is 0.346 e. The Balaban J connectivity index is 1.71. The van der Waals surface area contributed by atoms with Crippen molar-refractivity contribution < 1.29 is 9.59 Å². The van der Waals surface area contributed by atoms with Crippen LogP contribution in [0.2, 0.25) is 0 Å². The van der Waals surface area contributed by atoms with E-state index in [-0.39, 0.29) is 23.7 Å². The van der Waals surface area contributed by atoms with Gasteiger partial charge in [-0.15, -0.1) is 11.3 Å². The van der Waals surface area contributed by atoms with Crippen molar-refractivity contribution >= 4 is 39.0 Å². The van der Waals surface area contributed by atoms with E-state index in [0.29, 0.717) is 30.0 Å². The highest BCUT2D eigenvalue weighted by Gasteiger charge is 2.31. The minimum absolute atomic E-state index is 0.0735. The van der Waals surface area contributed by atoms with Gasteiger partial charge in [-0.2, -0.15) is 0 Å². The Kier molecular flexibility index (Phi) is 6.91. The van der Waals surface area contributed by atoms with Crippen molar-refractivity contribution in [2.45, 2.75) is 64.0 Å². The summed E-state index contributed by atoms with van der Waals surface area (Å²) in [7, 11) is 0. The lowest BCUT2D eigenvalue weighted by Gasteiger charge is -2.19. The topological polar surface area (TPSA) is 109 Å². The number of para-hydroxylation sites is 1. The maximum atomic E-state index is 13.1. The Morgan fingerprint density at radius 2 is 2.11 bits per heavy atom. The monoisotopic (exact) mass is 400 g/mol. The molecule has 2 aromatic rings. The lowest BCUT2D eigenvalue weighted by Crippen LogP contribution is -2.43. The molecule has 1 amide bonds. The molecule has 3 atom stereocenters. The summed E-state index contributed by atoms with van der Waals surface area (Å²) in [5, 5.41) is 11.0. The van der Waals surface area contributed by atoms with Crippen LogP contribution in [0.25, 0.3) is 10.2 Å². The highest BCUT2D eigenvalue weighted by atomic mass is 32.1. The van der Waals surface area contributed by atoms with Gasteiger partial charge in [0.2, 0.25) is 11.7 Å². The molecule has 0 aliphatic heterocycles. The standard InChI is InChI=1S/C21H28N4O2S/c1-13(22)6-2-3-8-17(24-20(27)14-10-11-15(23)12-14)19(26)21-25-16-7-4-5-9-18(16)28-21/h4-5,7,9,14-15,17,22H,2-3,6,8,10-12,23H2,1H3,(H,24,27)/t14-,15+,17-/m0/s1. The van der Waals surface area contributed by atoms with Crippen molar-refractivity contribution in [3.05, 3.63) is 29.3 Å². The summed E-state index contributed by atoms with van der Waals surface area (Å²) in [6.07, 6.45) is 5.21. The quantitative estimate of drug-likeness (QED) is 0.339. The van der Waals surface area contributed by atoms with E-state index in [1.165, 1.54) is 11.3 Å². The average molecular weight is 401 g/mol. The summed E-state index contributed by atoms with van der Waals surface area (Å²) >= 11 is 1.37. The van der Waals surface area contributed by atoms with Gasteiger partial charge in [0, 0.05) is 17.7 Å². The minimum atomic E-state index is -0.573. The summed E-state index contributed by atoms with van der Waals surface area (Å²) in [5.41, 5.74) is 7.38. The second kappa shape index (κ2) is 9.39. The number of carbonyl (C=O) groups excluding carboxylic acids is 2. The Hall–Kier alpha value is -2.12. The molecular formula is C21H28N4O2S. The first-order valence-corrected chi connectivity index (χ1v) is 10.8. The van der Waals surface area contributed by atoms with Gasteiger partial charge in [0.15, 0.2) is 5.01 Å². The summed E-state index contributed by atoms with van der Waals surface area (Å²) in [4.78, 5) is 30.3. The van der Waals surface area contributed by atoms with Gasteiger partial charge in [-0.25, -0.2) is 4.98 Å². The van der Waals surface area contributed by atoms with Crippen LogP contribution in [0, 0.1) is 11.3 Å². The van der Waals surface area contributed by atoms with Gasteiger partial charge in [0.25, 0.3) is 0 Å². The maximum absolute atomic E-state index is 13.1. The van der Waals surface area contributed by atoms with Crippen LogP contribution >= 0.6 is 11.3 Å². The van der Waals surface area contributed by atoms with Crippen molar-refractivity contribution in [1.82, 2.24) is 10.3 Å². The lowest BCUT2D eigenvalue weighted by atomic mass is 10.0. The summed E-state index contributed by atoms with van der Waals surface area (Å²) in [6.45, 7) is 1.79. The maximum Gasteiger partial charge on any atom is 0.223 e. The van der Waals surface area contributed by atoms with Crippen LogP contribution < -0.4 is 11.1 Å². The van der Waals surface area contributed by atoms with Crippen LogP contribution in [0.1, 0.15) is 61.7 Å². The first-order chi connectivity index (χ1) is 13.4. The molecule has 6 nitrogen and oxygen atoms in total. The number of nitrogens with zero attached hydrogens (tertiary/aromatic N) is 1.